The molecule has 0 unspecified atom stereocenters. The van der Waals surface area contributed by atoms with Crippen LogP contribution in [0, 0.1) is 0 Å². The Bertz CT molecular complexity index is 532. The molecule has 100 valence electrons. The Hall–Kier alpha value is -1.35. The molecule has 0 saturated heterocycles. The van der Waals surface area contributed by atoms with Gasteiger partial charge in [0.25, 0.3) is 0 Å². The van der Waals surface area contributed by atoms with Crippen LogP contribution in [0.15, 0.2) is 22.8 Å². The highest BCUT2D eigenvalue weighted by atomic mass is 79.9. The minimum absolute atomic E-state index is 0.0780. The van der Waals surface area contributed by atoms with Crippen LogP contribution in [0.5, 0.6) is 0 Å². The Labute approximate surface area is 113 Å². The number of anilines is 1. The fourth-order valence-corrected chi connectivity index (χ4v) is 2.01. The minimum Gasteiger partial charge on any atom is -0.446 e. The molecule has 9 heteroatoms. The molecule has 0 spiro atoms. The normalized spacial score (nSPS) is 11.1. The van der Waals surface area contributed by atoms with Gasteiger partial charge in [-0.25, -0.2) is 14.5 Å². The zero-order chi connectivity index (χ0) is 13.8. The first-order valence-electron chi connectivity index (χ1n) is 4.91. The second-order valence-corrected chi connectivity index (χ2v) is 5.85. The lowest BCUT2D eigenvalue weighted by Crippen LogP contribution is -2.37. The summed E-state index contributed by atoms with van der Waals surface area (Å²) >= 11 is 3.17. The minimum atomic E-state index is -4.05. The Morgan fingerprint density at radius 1 is 1.50 bits per heavy atom. The molecule has 2 N–H and O–H groups in total. The number of nitrogens with zero attached hydrogens (tertiary/aromatic N) is 1. The second-order valence-electron chi connectivity index (χ2n) is 3.52. The summed E-state index contributed by atoms with van der Waals surface area (Å²) in [6.45, 7) is 3.21. The predicted octanol–water partition coefficient (Wildman–Crippen LogP) is 1.64. The average molecular weight is 338 g/mol. The van der Waals surface area contributed by atoms with E-state index in [1.165, 1.54) is 12.3 Å². The van der Waals surface area contributed by atoms with Crippen molar-refractivity contribution < 1.29 is 17.9 Å². The van der Waals surface area contributed by atoms with Crippen molar-refractivity contribution in [1.82, 2.24) is 9.71 Å². The maximum Gasteiger partial charge on any atom is 0.422 e. The molecule has 0 aliphatic rings. The predicted molar refractivity (Wildman–Crippen MR) is 69.2 cm³/mol. The van der Waals surface area contributed by atoms with Crippen LogP contribution < -0.4 is 9.44 Å². The van der Waals surface area contributed by atoms with Crippen LogP contribution in [0.3, 0.4) is 0 Å². The Morgan fingerprint density at radius 3 is 2.72 bits per heavy atom. The number of nitrogens with one attached hydrogen (secondary N) is 2. The largest absolute Gasteiger partial charge is 0.446 e. The van der Waals surface area contributed by atoms with Gasteiger partial charge in [-0.05, 0) is 26.0 Å². The van der Waals surface area contributed by atoms with Crippen molar-refractivity contribution >= 4 is 38.1 Å². The third-order valence-electron chi connectivity index (χ3n) is 1.52. The van der Waals surface area contributed by atoms with Crippen LogP contribution >= 0.6 is 15.9 Å². The molecule has 1 heterocycles. The first-order valence-corrected chi connectivity index (χ1v) is 7.19. The molecule has 0 aliphatic heterocycles. The summed E-state index contributed by atoms with van der Waals surface area (Å²) in [6, 6.07) is 3.09. The molecule has 0 aromatic carbocycles. The lowest BCUT2D eigenvalue weighted by Gasteiger charge is -2.11. The molecule has 1 aromatic heterocycles. The summed E-state index contributed by atoms with van der Waals surface area (Å²) in [5.74, 6) is 0.0780. The van der Waals surface area contributed by atoms with Gasteiger partial charge in [0.15, 0.2) is 0 Å². The van der Waals surface area contributed by atoms with Gasteiger partial charge >= 0.3 is 16.3 Å². The molecule has 7 nitrogen and oxygen atoms in total. The number of rotatable bonds is 4. The number of ether oxygens (including phenoxy) is 1. The summed E-state index contributed by atoms with van der Waals surface area (Å²) < 4.78 is 32.1. The Balaban J connectivity index is 2.68. The topological polar surface area (TPSA) is 97.4 Å². The zero-order valence-corrected chi connectivity index (χ0v) is 12.1. The summed E-state index contributed by atoms with van der Waals surface area (Å²) in [4.78, 5) is 14.9. The van der Waals surface area contributed by atoms with E-state index in [2.05, 4.69) is 30.4 Å². The first kappa shape index (κ1) is 14.7. The van der Waals surface area contributed by atoms with E-state index < -0.39 is 22.4 Å². The molecule has 0 fully saturated rings. The van der Waals surface area contributed by atoms with E-state index in [0.29, 0.717) is 4.47 Å². The van der Waals surface area contributed by atoms with Gasteiger partial charge in [-0.1, -0.05) is 15.9 Å². The SMILES string of the molecule is CC(C)OC(=O)NS(=O)(=O)Nc1cc(Br)ccn1. The van der Waals surface area contributed by atoms with Gasteiger partial charge in [0.1, 0.15) is 5.82 Å². The highest BCUT2D eigenvalue weighted by molar-refractivity contribution is 9.10. The van der Waals surface area contributed by atoms with Crippen LogP contribution in [-0.4, -0.2) is 25.6 Å². The maximum atomic E-state index is 11.5. The summed E-state index contributed by atoms with van der Waals surface area (Å²) in [7, 11) is -4.05. The monoisotopic (exact) mass is 337 g/mol. The number of halogens is 1. The fourth-order valence-electron chi connectivity index (χ4n) is 0.972. The molecule has 0 bridgehead atoms. The first-order chi connectivity index (χ1) is 8.28. The van der Waals surface area contributed by atoms with Crippen molar-refractivity contribution in [2.45, 2.75) is 20.0 Å². The number of aromatic nitrogens is 1. The quantitative estimate of drug-likeness (QED) is 0.870. The van der Waals surface area contributed by atoms with Gasteiger partial charge in [-0.2, -0.15) is 8.42 Å². The van der Waals surface area contributed by atoms with E-state index in [9.17, 15) is 13.2 Å². The van der Waals surface area contributed by atoms with Crippen molar-refractivity contribution in [3.63, 3.8) is 0 Å². The summed E-state index contributed by atoms with van der Waals surface area (Å²) in [5, 5.41) is 0. The van der Waals surface area contributed by atoms with Crippen LogP contribution in [-0.2, 0) is 14.9 Å². The molecule has 0 atom stereocenters. The number of amides is 1. The van der Waals surface area contributed by atoms with Crippen LogP contribution in [0.1, 0.15) is 13.8 Å². The molecular weight excluding hydrogens is 326 g/mol. The third-order valence-corrected chi connectivity index (χ3v) is 2.93. The van der Waals surface area contributed by atoms with Gasteiger partial charge in [0, 0.05) is 10.7 Å². The summed E-state index contributed by atoms with van der Waals surface area (Å²) in [6.07, 6.45) is -0.0503. The Kier molecular flexibility index (Phi) is 4.91. The number of pyridine rings is 1. The van der Waals surface area contributed by atoms with Crippen LogP contribution in [0.4, 0.5) is 10.6 Å². The highest BCUT2D eigenvalue weighted by Gasteiger charge is 2.16. The standard InChI is InChI=1S/C9H12BrN3O4S/c1-6(2)17-9(14)13-18(15,16)12-8-5-7(10)3-4-11-8/h3-6H,1-2H3,(H,11,12)(H,13,14). The van der Waals surface area contributed by atoms with Gasteiger partial charge in [-0.3, -0.25) is 4.72 Å². The molecular formula is C9H12BrN3O4S. The van der Waals surface area contributed by atoms with Crippen molar-refractivity contribution in [3.05, 3.63) is 22.8 Å². The van der Waals surface area contributed by atoms with E-state index in [1.54, 1.807) is 24.6 Å². The zero-order valence-electron chi connectivity index (χ0n) is 9.68. The number of carbonyl (C=O) groups excluding carboxylic acids is 1. The number of hydrogen-bond acceptors (Lipinski definition) is 5. The van der Waals surface area contributed by atoms with Crippen molar-refractivity contribution in [1.29, 1.82) is 0 Å². The fraction of sp³-hybridized carbons (Fsp3) is 0.333. The lowest BCUT2D eigenvalue weighted by molar-refractivity contribution is 0.121. The molecule has 1 rings (SSSR count). The van der Waals surface area contributed by atoms with E-state index in [1.807, 2.05) is 0 Å². The second kappa shape index (κ2) is 6.01. The molecule has 0 aliphatic carbocycles. The van der Waals surface area contributed by atoms with Gasteiger partial charge in [0.05, 0.1) is 6.10 Å². The average Bonchev–Trinajstić information content (AvgIpc) is 2.13. The molecule has 0 saturated carbocycles. The molecule has 1 aromatic rings. The van der Waals surface area contributed by atoms with E-state index >= 15 is 0 Å². The van der Waals surface area contributed by atoms with Crippen molar-refractivity contribution in [2.75, 3.05) is 4.72 Å². The van der Waals surface area contributed by atoms with Gasteiger partial charge in [-0.15, -0.1) is 0 Å². The van der Waals surface area contributed by atoms with Crippen LogP contribution in [0.2, 0.25) is 0 Å². The van der Waals surface area contributed by atoms with E-state index in [0.717, 1.165) is 0 Å². The molecule has 18 heavy (non-hydrogen) atoms. The van der Waals surface area contributed by atoms with E-state index in [-0.39, 0.29) is 5.82 Å². The summed E-state index contributed by atoms with van der Waals surface area (Å²) in [5.41, 5.74) is 0. The lowest BCUT2D eigenvalue weighted by atomic mass is 10.5. The van der Waals surface area contributed by atoms with Gasteiger partial charge < -0.3 is 4.74 Å². The number of hydrogen-bond donors (Lipinski definition) is 2. The van der Waals surface area contributed by atoms with Gasteiger partial charge in [0.2, 0.25) is 0 Å². The number of carbonyl (C=O) groups is 1. The third kappa shape index (κ3) is 5.32. The Morgan fingerprint density at radius 2 is 2.17 bits per heavy atom. The molecule has 0 radical (unpaired) electrons. The van der Waals surface area contributed by atoms with E-state index in [4.69, 9.17) is 0 Å². The smallest absolute Gasteiger partial charge is 0.422 e. The van der Waals surface area contributed by atoms with Crippen LogP contribution in [0.25, 0.3) is 0 Å². The van der Waals surface area contributed by atoms with Crippen molar-refractivity contribution in [3.8, 4) is 0 Å². The van der Waals surface area contributed by atoms with Crippen molar-refractivity contribution in [2.24, 2.45) is 0 Å². The highest BCUT2D eigenvalue weighted by Crippen LogP contribution is 2.13. The maximum absolute atomic E-state index is 11.5. The molecule has 1 amide bonds.